The zero-order valence-electron chi connectivity index (χ0n) is 17.9. The van der Waals surface area contributed by atoms with Crippen LogP contribution < -0.4 is 0 Å². The van der Waals surface area contributed by atoms with Crippen LogP contribution in [0.4, 0.5) is 0 Å². The predicted octanol–water partition coefficient (Wildman–Crippen LogP) is 5.98. The second-order valence-corrected chi connectivity index (χ2v) is 9.08. The topological polar surface area (TPSA) is 46.5 Å². The average Bonchev–Trinajstić information content (AvgIpc) is 2.70. The van der Waals surface area contributed by atoms with Gasteiger partial charge in [-0.05, 0) is 57.6 Å². The maximum Gasteiger partial charge on any atom is 0.159 e. The van der Waals surface area contributed by atoms with E-state index in [-0.39, 0.29) is 16.8 Å². The summed E-state index contributed by atoms with van der Waals surface area (Å²) in [6.45, 7) is 7.65. The van der Waals surface area contributed by atoms with Crippen LogP contribution in [0.25, 0.3) is 0 Å². The molecule has 3 nitrogen and oxygen atoms in total. The lowest BCUT2D eigenvalue weighted by atomic mass is 10.1. The number of benzene rings is 2. The molecule has 1 saturated heterocycles. The molecular weight excluding hydrogens is 400 g/mol. The molecule has 0 bridgehead atoms. The normalized spacial score (nSPS) is 21.7. The van der Waals surface area contributed by atoms with Gasteiger partial charge in [-0.15, -0.1) is 11.8 Å². The van der Waals surface area contributed by atoms with Crippen LogP contribution >= 0.6 is 24.4 Å². The molecule has 0 spiro atoms. The Hall–Kier alpha value is -1.27. The van der Waals surface area contributed by atoms with Gasteiger partial charge in [0.15, 0.2) is 5.78 Å². The lowest BCUT2D eigenvalue weighted by Gasteiger charge is -2.37. The summed E-state index contributed by atoms with van der Waals surface area (Å²) in [5, 5.41) is 8.50. The van der Waals surface area contributed by atoms with Crippen molar-refractivity contribution in [2.75, 3.05) is 11.5 Å². The van der Waals surface area contributed by atoms with Gasteiger partial charge in [-0.2, -0.15) is 12.6 Å². The molecule has 0 saturated carbocycles. The van der Waals surface area contributed by atoms with Crippen LogP contribution in [-0.4, -0.2) is 34.6 Å². The SMILES string of the molecule is CC(=O)c1ccccc1.CC(O)CCS.CC1CCSC(C)(c2ccccc2)O1. The highest BCUT2D eigenvalue weighted by Gasteiger charge is 2.33. The molecule has 2 aromatic carbocycles. The molecule has 3 atom stereocenters. The zero-order chi connectivity index (χ0) is 21.7. The number of hydrogen-bond donors (Lipinski definition) is 2. The first-order valence-corrected chi connectivity index (χ1v) is 11.6. The van der Waals surface area contributed by atoms with E-state index in [2.05, 4.69) is 50.7 Å². The van der Waals surface area contributed by atoms with E-state index in [1.165, 1.54) is 11.3 Å². The third-order valence-corrected chi connectivity index (χ3v) is 5.93. The molecule has 0 amide bonds. The molecule has 3 unspecified atom stereocenters. The molecule has 0 aliphatic carbocycles. The fourth-order valence-corrected chi connectivity index (χ4v) is 4.40. The Balaban J connectivity index is 0.000000242. The molecule has 1 heterocycles. The Bertz CT molecular complexity index is 692. The van der Waals surface area contributed by atoms with Crippen molar-refractivity contribution in [2.24, 2.45) is 0 Å². The van der Waals surface area contributed by atoms with Gasteiger partial charge in [0.2, 0.25) is 0 Å². The van der Waals surface area contributed by atoms with Crippen LogP contribution in [-0.2, 0) is 9.67 Å². The van der Waals surface area contributed by atoms with E-state index in [4.69, 9.17) is 9.84 Å². The van der Waals surface area contributed by atoms with E-state index in [0.717, 1.165) is 24.2 Å². The summed E-state index contributed by atoms with van der Waals surface area (Å²) >= 11 is 5.80. The molecule has 1 N–H and O–H groups in total. The lowest BCUT2D eigenvalue weighted by molar-refractivity contribution is -0.0265. The first-order valence-electron chi connectivity index (χ1n) is 10.0. The van der Waals surface area contributed by atoms with Crippen molar-refractivity contribution in [1.29, 1.82) is 0 Å². The number of aliphatic hydroxyl groups excluding tert-OH is 1. The lowest BCUT2D eigenvalue weighted by Crippen LogP contribution is -2.32. The Morgan fingerprint density at radius 3 is 2.14 bits per heavy atom. The van der Waals surface area contributed by atoms with Crippen molar-refractivity contribution in [2.45, 2.75) is 57.7 Å². The van der Waals surface area contributed by atoms with Crippen molar-refractivity contribution >= 4 is 30.2 Å². The van der Waals surface area contributed by atoms with E-state index in [1.54, 1.807) is 13.8 Å². The Morgan fingerprint density at radius 2 is 1.76 bits per heavy atom. The highest BCUT2D eigenvalue weighted by molar-refractivity contribution is 8.00. The third kappa shape index (κ3) is 10.4. The summed E-state index contributed by atoms with van der Waals surface area (Å²) in [6, 6.07) is 19.7. The quantitative estimate of drug-likeness (QED) is 0.459. The van der Waals surface area contributed by atoms with Gasteiger partial charge in [0.05, 0.1) is 12.2 Å². The van der Waals surface area contributed by atoms with Crippen LogP contribution in [0, 0.1) is 0 Å². The number of hydrogen-bond acceptors (Lipinski definition) is 5. The van der Waals surface area contributed by atoms with Gasteiger partial charge in [0, 0.05) is 5.56 Å². The largest absolute Gasteiger partial charge is 0.393 e. The van der Waals surface area contributed by atoms with Crippen LogP contribution in [0.1, 0.15) is 56.5 Å². The van der Waals surface area contributed by atoms with Crippen LogP contribution in [0.5, 0.6) is 0 Å². The van der Waals surface area contributed by atoms with Crippen LogP contribution in [0.3, 0.4) is 0 Å². The Kier molecular flexibility index (Phi) is 12.3. The molecule has 2 aromatic rings. The fraction of sp³-hybridized carbons (Fsp3) is 0.458. The van der Waals surface area contributed by atoms with E-state index in [1.807, 2.05) is 48.2 Å². The summed E-state index contributed by atoms with van der Waals surface area (Å²) in [5.41, 5.74) is 2.05. The summed E-state index contributed by atoms with van der Waals surface area (Å²) in [7, 11) is 0. The molecule has 1 fully saturated rings. The molecular formula is C24H34O3S2. The van der Waals surface area contributed by atoms with Gasteiger partial charge in [-0.3, -0.25) is 4.79 Å². The highest BCUT2D eigenvalue weighted by Crippen LogP contribution is 2.42. The van der Waals surface area contributed by atoms with Crippen molar-refractivity contribution in [3.8, 4) is 0 Å². The van der Waals surface area contributed by atoms with Gasteiger partial charge in [0.1, 0.15) is 4.93 Å². The number of ketones is 1. The molecule has 3 rings (SSSR count). The fourth-order valence-electron chi connectivity index (χ4n) is 2.65. The minimum atomic E-state index is -0.178. The zero-order valence-corrected chi connectivity index (χ0v) is 19.6. The number of carbonyl (C=O) groups excluding carboxylic acids is 1. The number of ether oxygens (including phenoxy) is 1. The van der Waals surface area contributed by atoms with Gasteiger partial charge in [-0.1, -0.05) is 60.7 Å². The standard InChI is InChI=1S/C12H16OS.C8H8O.C4H10OS/c1-10-8-9-14-12(2,13-10)11-6-4-3-5-7-11;1-7(9)8-5-3-2-4-6-8;1-4(5)2-3-6/h3-7,10H,8-9H2,1-2H3;2-6H,1H3;4-6H,2-3H2,1H3. The number of rotatable bonds is 4. The summed E-state index contributed by atoms with van der Waals surface area (Å²) in [5.74, 6) is 2.08. The number of thioether (sulfide) groups is 1. The van der Waals surface area contributed by atoms with Gasteiger partial charge in [0.25, 0.3) is 0 Å². The molecule has 1 aliphatic heterocycles. The number of aliphatic hydroxyl groups is 1. The van der Waals surface area contributed by atoms with Crippen LogP contribution in [0.2, 0.25) is 0 Å². The summed E-state index contributed by atoms with van der Waals surface area (Å²) in [4.78, 5) is 10.5. The minimum absolute atomic E-state index is 0.121. The third-order valence-electron chi connectivity index (χ3n) is 4.35. The van der Waals surface area contributed by atoms with E-state index >= 15 is 0 Å². The van der Waals surface area contributed by atoms with Gasteiger partial charge in [-0.25, -0.2) is 0 Å². The first kappa shape index (κ1) is 25.8. The minimum Gasteiger partial charge on any atom is -0.393 e. The molecule has 0 aromatic heterocycles. The second kappa shape index (κ2) is 13.9. The van der Waals surface area contributed by atoms with Crippen molar-refractivity contribution in [1.82, 2.24) is 0 Å². The average molecular weight is 435 g/mol. The number of thiol groups is 1. The van der Waals surface area contributed by atoms with Crippen molar-refractivity contribution in [3.05, 3.63) is 71.8 Å². The van der Waals surface area contributed by atoms with E-state index in [9.17, 15) is 4.79 Å². The summed E-state index contributed by atoms with van der Waals surface area (Å²) in [6.07, 6.45) is 2.15. The molecule has 1 aliphatic rings. The Labute approximate surface area is 185 Å². The predicted molar refractivity (Wildman–Crippen MR) is 128 cm³/mol. The highest BCUT2D eigenvalue weighted by atomic mass is 32.2. The number of Topliss-reactive ketones (excluding diaryl/α,β-unsaturated/α-hetero) is 1. The monoisotopic (exact) mass is 434 g/mol. The van der Waals surface area contributed by atoms with E-state index in [0.29, 0.717) is 6.10 Å². The van der Waals surface area contributed by atoms with Crippen LogP contribution in [0.15, 0.2) is 60.7 Å². The van der Waals surface area contributed by atoms with Crippen molar-refractivity contribution < 1.29 is 14.6 Å². The van der Waals surface area contributed by atoms with Gasteiger partial charge < -0.3 is 9.84 Å². The van der Waals surface area contributed by atoms with E-state index < -0.39 is 0 Å². The Morgan fingerprint density at radius 1 is 1.21 bits per heavy atom. The summed E-state index contributed by atoms with van der Waals surface area (Å²) < 4.78 is 6.02. The maximum atomic E-state index is 10.6. The number of carbonyl (C=O) groups is 1. The molecule has 5 heteroatoms. The van der Waals surface area contributed by atoms with Gasteiger partial charge >= 0.3 is 0 Å². The molecule has 160 valence electrons. The maximum absolute atomic E-state index is 10.6. The molecule has 0 radical (unpaired) electrons. The molecule has 29 heavy (non-hydrogen) atoms. The van der Waals surface area contributed by atoms with Crippen molar-refractivity contribution in [3.63, 3.8) is 0 Å². The smallest absolute Gasteiger partial charge is 0.159 e. The second-order valence-electron chi connectivity index (χ2n) is 7.16. The first-order chi connectivity index (χ1) is 13.8.